The highest BCUT2D eigenvalue weighted by Gasteiger charge is 2.40. The van der Waals surface area contributed by atoms with E-state index in [1.165, 1.54) is 24.3 Å². The van der Waals surface area contributed by atoms with Gasteiger partial charge >= 0.3 is 6.03 Å². The number of carbonyl (C=O) groups is 2. The summed E-state index contributed by atoms with van der Waals surface area (Å²) in [6, 6.07) is 4.93. The Labute approximate surface area is 114 Å². The van der Waals surface area contributed by atoms with Crippen molar-refractivity contribution in [2.45, 2.75) is 25.3 Å². The van der Waals surface area contributed by atoms with Crippen molar-refractivity contribution < 1.29 is 14.5 Å². The van der Waals surface area contributed by atoms with Crippen LogP contribution in [0.3, 0.4) is 0 Å². The topological polar surface area (TPSA) is 92.6 Å². The maximum atomic E-state index is 12.1. The molecule has 1 aliphatic carbocycles. The number of urea groups is 1. The van der Waals surface area contributed by atoms with E-state index in [-0.39, 0.29) is 29.7 Å². The van der Waals surface area contributed by atoms with E-state index in [1.54, 1.807) is 0 Å². The molecule has 0 spiro atoms. The lowest BCUT2D eigenvalue weighted by Gasteiger charge is -2.31. The van der Waals surface area contributed by atoms with Crippen molar-refractivity contribution in [3.8, 4) is 0 Å². The highest BCUT2D eigenvalue weighted by Crippen LogP contribution is 2.36. The molecular formula is C13H13N3O4. The lowest BCUT2D eigenvalue weighted by atomic mass is 10.1. The number of amides is 3. The molecule has 1 aromatic carbocycles. The standard InChI is InChI=1S/C13H13N3O4/c17-12-7-11(8-4-5-8)14-13(18)15(12)9-2-1-3-10(6-9)16(19)20/h1-3,6,8,11H,4-5,7H2,(H,14,18). The van der Waals surface area contributed by atoms with Gasteiger partial charge in [-0.15, -0.1) is 0 Å². The van der Waals surface area contributed by atoms with Crippen molar-refractivity contribution in [2.75, 3.05) is 4.90 Å². The Balaban J connectivity index is 1.86. The Kier molecular flexibility index (Phi) is 2.89. The zero-order valence-electron chi connectivity index (χ0n) is 10.6. The molecule has 0 bridgehead atoms. The van der Waals surface area contributed by atoms with Crippen molar-refractivity contribution in [1.82, 2.24) is 5.32 Å². The third-order valence-corrected chi connectivity index (χ3v) is 3.65. The summed E-state index contributed by atoms with van der Waals surface area (Å²) in [4.78, 5) is 35.4. The molecular weight excluding hydrogens is 262 g/mol. The zero-order chi connectivity index (χ0) is 14.3. The Morgan fingerprint density at radius 1 is 1.30 bits per heavy atom. The molecule has 20 heavy (non-hydrogen) atoms. The van der Waals surface area contributed by atoms with Crippen LogP contribution in [-0.2, 0) is 4.79 Å². The highest BCUT2D eigenvalue weighted by atomic mass is 16.6. The van der Waals surface area contributed by atoms with Gasteiger partial charge in [0.2, 0.25) is 5.91 Å². The second kappa shape index (κ2) is 4.59. The Morgan fingerprint density at radius 3 is 2.65 bits per heavy atom. The van der Waals surface area contributed by atoms with Crippen LogP contribution in [0.5, 0.6) is 0 Å². The van der Waals surface area contributed by atoms with Crippen LogP contribution in [0.25, 0.3) is 0 Å². The van der Waals surface area contributed by atoms with Crippen molar-refractivity contribution in [3.63, 3.8) is 0 Å². The van der Waals surface area contributed by atoms with Gasteiger partial charge in [0, 0.05) is 24.6 Å². The van der Waals surface area contributed by atoms with Crippen LogP contribution in [-0.4, -0.2) is 22.9 Å². The van der Waals surface area contributed by atoms with Gasteiger partial charge in [0.05, 0.1) is 10.6 Å². The predicted octanol–water partition coefficient (Wildman–Crippen LogP) is 1.82. The number of nitrogens with one attached hydrogen (secondary N) is 1. The molecule has 1 heterocycles. The summed E-state index contributed by atoms with van der Waals surface area (Å²) in [5.74, 6) is 0.0845. The molecule has 1 saturated heterocycles. The number of nitro groups is 1. The monoisotopic (exact) mass is 275 g/mol. The van der Waals surface area contributed by atoms with Gasteiger partial charge in [0.1, 0.15) is 0 Å². The van der Waals surface area contributed by atoms with Gasteiger partial charge in [0.15, 0.2) is 0 Å². The number of nitrogens with zero attached hydrogens (tertiary/aromatic N) is 2. The first kappa shape index (κ1) is 12.6. The van der Waals surface area contributed by atoms with E-state index in [9.17, 15) is 19.7 Å². The quantitative estimate of drug-likeness (QED) is 0.672. The van der Waals surface area contributed by atoms with Gasteiger partial charge in [-0.2, -0.15) is 0 Å². The van der Waals surface area contributed by atoms with Crippen LogP contribution in [0, 0.1) is 16.0 Å². The number of benzene rings is 1. The Morgan fingerprint density at radius 2 is 2.05 bits per heavy atom. The normalized spacial score (nSPS) is 22.6. The van der Waals surface area contributed by atoms with E-state index in [1.807, 2.05) is 0 Å². The molecule has 1 aliphatic heterocycles. The van der Waals surface area contributed by atoms with Gasteiger partial charge in [-0.3, -0.25) is 14.9 Å². The summed E-state index contributed by atoms with van der Waals surface area (Å²) in [5.41, 5.74) is 0.0864. The fraction of sp³-hybridized carbons (Fsp3) is 0.385. The Hall–Kier alpha value is -2.44. The van der Waals surface area contributed by atoms with Crippen LogP contribution >= 0.6 is 0 Å². The third-order valence-electron chi connectivity index (χ3n) is 3.65. The maximum absolute atomic E-state index is 12.1. The van der Waals surface area contributed by atoms with Crippen LogP contribution in [0.4, 0.5) is 16.2 Å². The molecule has 0 radical (unpaired) electrons. The number of hydrogen-bond acceptors (Lipinski definition) is 4. The van der Waals surface area contributed by atoms with Crippen LogP contribution < -0.4 is 10.2 Å². The molecule has 3 amide bonds. The summed E-state index contributed by atoms with van der Waals surface area (Å²) < 4.78 is 0. The second-order valence-electron chi connectivity index (χ2n) is 5.10. The first-order chi connectivity index (χ1) is 9.56. The highest BCUT2D eigenvalue weighted by molar-refractivity contribution is 6.16. The van der Waals surface area contributed by atoms with E-state index in [4.69, 9.17) is 0 Å². The molecule has 1 atom stereocenters. The number of nitro benzene ring substituents is 1. The number of anilines is 1. The molecule has 0 aromatic heterocycles. The minimum absolute atomic E-state index is 0.0926. The van der Waals surface area contributed by atoms with Crippen molar-refractivity contribution in [3.05, 3.63) is 34.4 Å². The summed E-state index contributed by atoms with van der Waals surface area (Å²) in [5, 5.41) is 13.6. The molecule has 7 nitrogen and oxygen atoms in total. The SMILES string of the molecule is O=C1CC(C2CC2)NC(=O)N1c1cccc([N+](=O)[O-])c1. The zero-order valence-corrected chi connectivity index (χ0v) is 10.6. The van der Waals surface area contributed by atoms with Gasteiger partial charge in [-0.1, -0.05) is 6.07 Å². The molecule has 1 saturated carbocycles. The van der Waals surface area contributed by atoms with E-state index < -0.39 is 11.0 Å². The number of rotatable bonds is 3. The smallest absolute Gasteiger partial charge is 0.328 e. The van der Waals surface area contributed by atoms with E-state index in [2.05, 4.69) is 5.32 Å². The molecule has 1 N–H and O–H groups in total. The van der Waals surface area contributed by atoms with Crippen LogP contribution in [0.2, 0.25) is 0 Å². The number of carbonyl (C=O) groups excluding carboxylic acids is 2. The fourth-order valence-corrected chi connectivity index (χ4v) is 2.46. The number of hydrogen-bond donors (Lipinski definition) is 1. The first-order valence-electron chi connectivity index (χ1n) is 6.44. The molecule has 2 fully saturated rings. The predicted molar refractivity (Wildman–Crippen MR) is 70.2 cm³/mol. The van der Waals surface area contributed by atoms with Crippen molar-refractivity contribution >= 4 is 23.3 Å². The average Bonchev–Trinajstić information content (AvgIpc) is 3.22. The average molecular weight is 275 g/mol. The summed E-state index contributed by atoms with van der Waals surface area (Å²) in [6.45, 7) is 0. The molecule has 2 aliphatic rings. The number of non-ortho nitro benzene ring substituents is 1. The first-order valence-corrected chi connectivity index (χ1v) is 6.44. The van der Waals surface area contributed by atoms with Crippen LogP contribution in [0.15, 0.2) is 24.3 Å². The Bertz CT molecular complexity index is 579. The largest absolute Gasteiger partial charge is 0.334 e. The second-order valence-corrected chi connectivity index (χ2v) is 5.10. The molecule has 3 rings (SSSR count). The molecule has 104 valence electrons. The van der Waals surface area contributed by atoms with Gasteiger partial charge < -0.3 is 5.32 Å². The number of imide groups is 1. The third kappa shape index (κ3) is 2.22. The minimum atomic E-state index is -0.553. The maximum Gasteiger partial charge on any atom is 0.328 e. The van der Waals surface area contributed by atoms with Gasteiger partial charge in [-0.25, -0.2) is 9.69 Å². The van der Waals surface area contributed by atoms with Crippen LogP contribution in [0.1, 0.15) is 19.3 Å². The lowest BCUT2D eigenvalue weighted by molar-refractivity contribution is -0.384. The lowest BCUT2D eigenvalue weighted by Crippen LogP contribution is -2.55. The summed E-state index contributed by atoms with van der Waals surface area (Å²) >= 11 is 0. The molecule has 7 heteroatoms. The fourth-order valence-electron chi connectivity index (χ4n) is 2.46. The van der Waals surface area contributed by atoms with E-state index >= 15 is 0 Å². The van der Waals surface area contributed by atoms with E-state index in [0.717, 1.165) is 17.7 Å². The summed E-state index contributed by atoms with van der Waals surface area (Å²) in [6.07, 6.45) is 2.32. The molecule has 1 unspecified atom stereocenters. The van der Waals surface area contributed by atoms with Crippen molar-refractivity contribution in [1.29, 1.82) is 0 Å². The van der Waals surface area contributed by atoms with Crippen molar-refractivity contribution in [2.24, 2.45) is 5.92 Å². The van der Waals surface area contributed by atoms with E-state index in [0.29, 0.717) is 5.92 Å². The molecule has 1 aromatic rings. The minimum Gasteiger partial charge on any atom is -0.334 e. The van der Waals surface area contributed by atoms with Gasteiger partial charge in [0.25, 0.3) is 5.69 Å². The van der Waals surface area contributed by atoms with Gasteiger partial charge in [-0.05, 0) is 24.8 Å². The summed E-state index contributed by atoms with van der Waals surface area (Å²) in [7, 11) is 0.